The van der Waals surface area contributed by atoms with E-state index < -0.39 is 11.6 Å². The first-order valence-electron chi connectivity index (χ1n) is 4.19. The Bertz CT molecular complexity index is 498. The van der Waals surface area contributed by atoms with Gasteiger partial charge in [0.1, 0.15) is 17.3 Å². The standard InChI is InChI=1S/C9H5BrF2N4/c10-8-7(14-9(13)16-15-8)5-3-4(11)1-2-6(5)12/h1-3H,(H2,13,14,16). The number of benzene rings is 1. The predicted octanol–water partition coefficient (Wildman–Crippen LogP) is 2.16. The van der Waals surface area contributed by atoms with Crippen molar-refractivity contribution in [3.8, 4) is 11.3 Å². The van der Waals surface area contributed by atoms with Gasteiger partial charge in [0.05, 0.1) is 0 Å². The Balaban J connectivity index is 2.66. The Hall–Kier alpha value is -1.63. The molecule has 0 bridgehead atoms. The highest BCUT2D eigenvalue weighted by atomic mass is 79.9. The lowest BCUT2D eigenvalue weighted by Gasteiger charge is -2.04. The van der Waals surface area contributed by atoms with Crippen LogP contribution in [0.3, 0.4) is 0 Å². The minimum atomic E-state index is -0.609. The molecular weight excluding hydrogens is 282 g/mol. The Kier molecular flexibility index (Phi) is 2.78. The van der Waals surface area contributed by atoms with Gasteiger partial charge in [-0.05, 0) is 34.1 Å². The third kappa shape index (κ3) is 1.99. The Morgan fingerprint density at radius 3 is 2.69 bits per heavy atom. The number of anilines is 1. The van der Waals surface area contributed by atoms with Crippen molar-refractivity contribution in [3.63, 3.8) is 0 Å². The lowest BCUT2D eigenvalue weighted by Crippen LogP contribution is -2.01. The minimum Gasteiger partial charge on any atom is -0.366 e. The summed E-state index contributed by atoms with van der Waals surface area (Å²) in [6.45, 7) is 0. The lowest BCUT2D eigenvalue weighted by molar-refractivity contribution is 0.602. The summed E-state index contributed by atoms with van der Waals surface area (Å²) in [7, 11) is 0. The van der Waals surface area contributed by atoms with Gasteiger partial charge in [0.2, 0.25) is 5.95 Å². The number of hydrogen-bond donors (Lipinski definition) is 1. The maximum Gasteiger partial charge on any atom is 0.240 e. The molecule has 82 valence electrons. The Labute approximate surface area is 97.7 Å². The second-order valence-electron chi connectivity index (χ2n) is 2.93. The van der Waals surface area contributed by atoms with Crippen LogP contribution in [-0.2, 0) is 0 Å². The second kappa shape index (κ2) is 4.09. The van der Waals surface area contributed by atoms with Crippen LogP contribution in [0.2, 0.25) is 0 Å². The summed E-state index contributed by atoms with van der Waals surface area (Å²) >= 11 is 3.05. The van der Waals surface area contributed by atoms with Gasteiger partial charge in [0.15, 0.2) is 4.60 Å². The molecule has 0 aliphatic rings. The molecule has 0 saturated heterocycles. The zero-order chi connectivity index (χ0) is 11.7. The maximum atomic E-state index is 13.5. The van der Waals surface area contributed by atoms with E-state index in [2.05, 4.69) is 31.1 Å². The van der Waals surface area contributed by atoms with Crippen molar-refractivity contribution < 1.29 is 8.78 Å². The molecule has 0 aliphatic carbocycles. The molecule has 0 aliphatic heterocycles. The van der Waals surface area contributed by atoms with Crippen LogP contribution in [0.15, 0.2) is 22.8 Å². The van der Waals surface area contributed by atoms with E-state index in [1.807, 2.05) is 0 Å². The summed E-state index contributed by atoms with van der Waals surface area (Å²) in [5.41, 5.74) is 5.43. The molecule has 0 spiro atoms. The van der Waals surface area contributed by atoms with Crippen LogP contribution < -0.4 is 5.73 Å². The molecule has 0 saturated carbocycles. The molecule has 0 unspecified atom stereocenters. The normalized spacial score (nSPS) is 10.4. The number of aromatic nitrogens is 3. The first-order valence-corrected chi connectivity index (χ1v) is 4.98. The van der Waals surface area contributed by atoms with E-state index in [1.54, 1.807) is 0 Å². The van der Waals surface area contributed by atoms with Gasteiger partial charge in [-0.2, -0.15) is 0 Å². The van der Waals surface area contributed by atoms with Gasteiger partial charge < -0.3 is 5.73 Å². The summed E-state index contributed by atoms with van der Waals surface area (Å²) in [4.78, 5) is 3.80. The van der Waals surface area contributed by atoms with Gasteiger partial charge in [0, 0.05) is 5.56 Å². The number of nitrogen functional groups attached to an aromatic ring is 1. The van der Waals surface area contributed by atoms with Crippen molar-refractivity contribution in [1.29, 1.82) is 0 Å². The molecule has 1 aromatic heterocycles. The Morgan fingerprint density at radius 1 is 1.19 bits per heavy atom. The van der Waals surface area contributed by atoms with Crippen molar-refractivity contribution in [1.82, 2.24) is 15.2 Å². The largest absolute Gasteiger partial charge is 0.366 e. The van der Waals surface area contributed by atoms with Gasteiger partial charge in [-0.3, -0.25) is 0 Å². The van der Waals surface area contributed by atoms with E-state index in [0.29, 0.717) is 0 Å². The average Bonchev–Trinajstić information content (AvgIpc) is 2.25. The number of hydrogen-bond acceptors (Lipinski definition) is 4. The van der Waals surface area contributed by atoms with E-state index in [9.17, 15) is 8.78 Å². The average molecular weight is 287 g/mol. The molecule has 0 radical (unpaired) electrons. The molecule has 2 rings (SSSR count). The van der Waals surface area contributed by atoms with Gasteiger partial charge >= 0.3 is 0 Å². The third-order valence-corrected chi connectivity index (χ3v) is 2.38. The SMILES string of the molecule is Nc1nnc(Br)c(-c2cc(F)ccc2F)n1. The third-order valence-electron chi connectivity index (χ3n) is 1.85. The highest BCUT2D eigenvalue weighted by molar-refractivity contribution is 9.10. The van der Waals surface area contributed by atoms with E-state index in [-0.39, 0.29) is 21.8 Å². The first kappa shape index (κ1) is 10.9. The van der Waals surface area contributed by atoms with E-state index in [0.717, 1.165) is 18.2 Å². The molecule has 1 heterocycles. The van der Waals surface area contributed by atoms with Crippen molar-refractivity contribution in [2.45, 2.75) is 0 Å². The lowest BCUT2D eigenvalue weighted by atomic mass is 10.1. The van der Waals surface area contributed by atoms with E-state index >= 15 is 0 Å². The fourth-order valence-electron chi connectivity index (χ4n) is 1.18. The van der Waals surface area contributed by atoms with Crippen molar-refractivity contribution >= 4 is 21.9 Å². The predicted molar refractivity (Wildman–Crippen MR) is 57.3 cm³/mol. The van der Waals surface area contributed by atoms with Crippen LogP contribution in [0.5, 0.6) is 0 Å². The molecule has 7 heteroatoms. The highest BCUT2D eigenvalue weighted by Gasteiger charge is 2.13. The molecule has 0 fully saturated rings. The Morgan fingerprint density at radius 2 is 1.94 bits per heavy atom. The van der Waals surface area contributed by atoms with Crippen molar-refractivity contribution in [3.05, 3.63) is 34.4 Å². The number of nitrogens with two attached hydrogens (primary N) is 1. The van der Waals surface area contributed by atoms with Crippen LogP contribution >= 0.6 is 15.9 Å². The van der Waals surface area contributed by atoms with Crippen LogP contribution in [-0.4, -0.2) is 15.2 Å². The monoisotopic (exact) mass is 286 g/mol. The quantitative estimate of drug-likeness (QED) is 0.873. The van der Waals surface area contributed by atoms with Crippen LogP contribution in [0.1, 0.15) is 0 Å². The van der Waals surface area contributed by atoms with Gasteiger partial charge in [0.25, 0.3) is 0 Å². The van der Waals surface area contributed by atoms with Crippen LogP contribution in [0.25, 0.3) is 11.3 Å². The second-order valence-corrected chi connectivity index (χ2v) is 3.68. The topological polar surface area (TPSA) is 64.7 Å². The summed E-state index contributed by atoms with van der Waals surface area (Å²) in [5, 5.41) is 7.09. The molecule has 4 nitrogen and oxygen atoms in total. The number of halogens is 3. The minimum absolute atomic E-state index is 0.0199. The maximum absolute atomic E-state index is 13.5. The van der Waals surface area contributed by atoms with Gasteiger partial charge in [-0.15, -0.1) is 10.2 Å². The molecular formula is C9H5BrF2N4. The van der Waals surface area contributed by atoms with E-state index in [4.69, 9.17) is 5.73 Å². The first-order chi connectivity index (χ1) is 7.58. The molecule has 1 aromatic carbocycles. The van der Waals surface area contributed by atoms with Crippen molar-refractivity contribution in [2.75, 3.05) is 5.73 Å². The number of nitrogens with zero attached hydrogens (tertiary/aromatic N) is 3. The summed E-state index contributed by atoms with van der Waals surface area (Å²) in [5.74, 6) is -1.29. The van der Waals surface area contributed by atoms with Crippen LogP contribution in [0.4, 0.5) is 14.7 Å². The van der Waals surface area contributed by atoms with Gasteiger partial charge in [-0.1, -0.05) is 0 Å². The summed E-state index contributed by atoms with van der Waals surface area (Å²) < 4.78 is 26.6. The zero-order valence-corrected chi connectivity index (χ0v) is 9.37. The molecule has 16 heavy (non-hydrogen) atoms. The summed E-state index contributed by atoms with van der Waals surface area (Å²) in [6, 6.07) is 3.05. The molecule has 0 atom stereocenters. The van der Waals surface area contributed by atoms with Gasteiger partial charge in [-0.25, -0.2) is 13.8 Å². The van der Waals surface area contributed by atoms with E-state index in [1.165, 1.54) is 0 Å². The molecule has 2 aromatic rings. The number of rotatable bonds is 1. The smallest absolute Gasteiger partial charge is 0.240 e. The highest BCUT2D eigenvalue weighted by Crippen LogP contribution is 2.27. The molecule has 0 amide bonds. The van der Waals surface area contributed by atoms with Crippen LogP contribution in [0, 0.1) is 11.6 Å². The summed E-state index contributed by atoms with van der Waals surface area (Å²) in [6.07, 6.45) is 0. The zero-order valence-electron chi connectivity index (χ0n) is 7.78. The fourth-order valence-corrected chi connectivity index (χ4v) is 1.56. The molecule has 2 N–H and O–H groups in total. The van der Waals surface area contributed by atoms with Crippen molar-refractivity contribution in [2.24, 2.45) is 0 Å². The fraction of sp³-hybridized carbons (Fsp3) is 0.